The zero-order chi connectivity index (χ0) is 15.7. The average Bonchev–Trinajstić information content (AvgIpc) is 2.43. The maximum absolute atomic E-state index is 12.1. The number of nitro benzene ring substituents is 1. The lowest BCUT2D eigenvalue weighted by atomic mass is 10.0. The second-order valence-electron chi connectivity index (χ2n) is 4.15. The van der Waals surface area contributed by atoms with Crippen LogP contribution >= 0.6 is 0 Å². The number of carbonyl (C=O) groups excluding carboxylic acids is 1. The number of hydrogen-bond acceptors (Lipinski definition) is 7. The van der Waals surface area contributed by atoms with Gasteiger partial charge in [0, 0.05) is 17.2 Å². The number of carbonyl (C=O) groups is 1. The molecule has 0 amide bonds. The van der Waals surface area contributed by atoms with Crippen LogP contribution in [0, 0.1) is 10.1 Å². The van der Waals surface area contributed by atoms with Crippen molar-refractivity contribution >= 4 is 11.5 Å². The van der Waals surface area contributed by atoms with Crippen molar-refractivity contribution in [3.8, 4) is 23.0 Å². The second-order valence-corrected chi connectivity index (χ2v) is 4.15. The zero-order valence-electron chi connectivity index (χ0n) is 10.3. The maximum atomic E-state index is 12.1. The molecular formula is C13H9NO7. The Hall–Kier alpha value is -3.29. The van der Waals surface area contributed by atoms with Gasteiger partial charge in [0.25, 0.3) is 0 Å². The van der Waals surface area contributed by atoms with Crippen LogP contribution in [0.4, 0.5) is 5.69 Å². The van der Waals surface area contributed by atoms with Crippen LogP contribution in [0.15, 0.2) is 30.3 Å². The quantitative estimate of drug-likeness (QED) is 0.291. The summed E-state index contributed by atoms with van der Waals surface area (Å²) in [5.74, 6) is -3.44. The molecule has 2 rings (SSSR count). The number of nitrogens with zero attached hydrogens (tertiary/aromatic N) is 1. The van der Waals surface area contributed by atoms with Crippen LogP contribution in [0.2, 0.25) is 0 Å². The molecule has 21 heavy (non-hydrogen) atoms. The highest BCUT2D eigenvalue weighted by atomic mass is 16.6. The standard InChI is InChI=1S/C13H9NO7/c15-9-2-1-6(4-10(9)16)12(18)7-3-8(14(20)21)13(19)11(17)5-7/h1-5,15-17,19H. The van der Waals surface area contributed by atoms with Crippen LogP contribution in [0.5, 0.6) is 23.0 Å². The summed E-state index contributed by atoms with van der Waals surface area (Å²) in [4.78, 5) is 21.9. The molecule has 0 fully saturated rings. The second kappa shape index (κ2) is 5.00. The maximum Gasteiger partial charge on any atom is 0.315 e. The summed E-state index contributed by atoms with van der Waals surface area (Å²) in [5, 5.41) is 48.0. The van der Waals surface area contributed by atoms with E-state index in [9.17, 15) is 30.2 Å². The van der Waals surface area contributed by atoms with Crippen molar-refractivity contribution in [2.45, 2.75) is 0 Å². The van der Waals surface area contributed by atoms with Gasteiger partial charge in [-0.05, 0) is 24.3 Å². The smallest absolute Gasteiger partial charge is 0.315 e. The summed E-state index contributed by atoms with van der Waals surface area (Å²) in [5.41, 5.74) is -1.12. The van der Waals surface area contributed by atoms with E-state index in [1.54, 1.807) is 0 Å². The molecule has 4 N–H and O–H groups in total. The molecule has 0 aliphatic carbocycles. The van der Waals surface area contributed by atoms with Gasteiger partial charge in [-0.2, -0.15) is 0 Å². The molecule has 0 unspecified atom stereocenters. The Morgan fingerprint density at radius 2 is 1.52 bits per heavy atom. The summed E-state index contributed by atoms with van der Waals surface area (Å²) in [6, 6.07) is 4.94. The Balaban J connectivity index is 2.53. The molecule has 0 radical (unpaired) electrons. The molecule has 8 heteroatoms. The van der Waals surface area contributed by atoms with Gasteiger partial charge in [-0.25, -0.2) is 0 Å². The number of aromatic hydroxyl groups is 4. The summed E-state index contributed by atoms with van der Waals surface area (Å²) < 4.78 is 0. The van der Waals surface area contributed by atoms with E-state index in [-0.39, 0.29) is 11.1 Å². The van der Waals surface area contributed by atoms with E-state index in [4.69, 9.17) is 5.11 Å². The minimum Gasteiger partial charge on any atom is -0.504 e. The minimum atomic E-state index is -0.944. The van der Waals surface area contributed by atoms with Crippen molar-refractivity contribution in [2.24, 2.45) is 0 Å². The average molecular weight is 291 g/mol. The number of hydrogen-bond donors (Lipinski definition) is 4. The Labute approximate surface area is 117 Å². The largest absolute Gasteiger partial charge is 0.504 e. The molecular weight excluding hydrogens is 282 g/mol. The fourth-order valence-corrected chi connectivity index (χ4v) is 1.71. The molecule has 2 aromatic carbocycles. The van der Waals surface area contributed by atoms with Gasteiger partial charge in [0.15, 0.2) is 23.0 Å². The van der Waals surface area contributed by atoms with E-state index in [0.29, 0.717) is 0 Å². The highest BCUT2D eigenvalue weighted by molar-refractivity contribution is 6.10. The number of nitro groups is 1. The summed E-state index contributed by atoms with van der Waals surface area (Å²) in [6.07, 6.45) is 0. The van der Waals surface area contributed by atoms with Crippen LogP contribution < -0.4 is 0 Å². The van der Waals surface area contributed by atoms with E-state index in [1.165, 1.54) is 6.07 Å². The van der Waals surface area contributed by atoms with Gasteiger partial charge in [-0.15, -0.1) is 0 Å². The van der Waals surface area contributed by atoms with Gasteiger partial charge < -0.3 is 20.4 Å². The normalized spacial score (nSPS) is 10.3. The van der Waals surface area contributed by atoms with Gasteiger partial charge in [0.1, 0.15) is 0 Å². The third-order valence-electron chi connectivity index (χ3n) is 2.77. The molecule has 0 aromatic heterocycles. The van der Waals surface area contributed by atoms with Crippen molar-refractivity contribution in [2.75, 3.05) is 0 Å². The first kappa shape index (κ1) is 14.1. The Bertz CT molecular complexity index is 754. The summed E-state index contributed by atoms with van der Waals surface area (Å²) in [7, 11) is 0. The molecule has 0 aliphatic rings. The molecule has 0 heterocycles. The molecule has 8 nitrogen and oxygen atoms in total. The fraction of sp³-hybridized carbons (Fsp3) is 0. The summed E-state index contributed by atoms with van der Waals surface area (Å²) >= 11 is 0. The third kappa shape index (κ3) is 2.54. The molecule has 0 saturated carbocycles. The molecule has 0 aliphatic heterocycles. The molecule has 0 saturated heterocycles. The highest BCUT2D eigenvalue weighted by Crippen LogP contribution is 2.37. The first-order valence-corrected chi connectivity index (χ1v) is 5.58. The minimum absolute atomic E-state index is 0.0512. The molecule has 108 valence electrons. The number of rotatable bonds is 3. The predicted molar refractivity (Wildman–Crippen MR) is 69.6 cm³/mol. The topological polar surface area (TPSA) is 141 Å². The van der Waals surface area contributed by atoms with E-state index < -0.39 is 39.4 Å². The highest BCUT2D eigenvalue weighted by Gasteiger charge is 2.22. The van der Waals surface area contributed by atoms with Crippen molar-refractivity contribution in [3.63, 3.8) is 0 Å². The monoisotopic (exact) mass is 291 g/mol. The first-order valence-electron chi connectivity index (χ1n) is 5.58. The van der Waals surface area contributed by atoms with Crippen LogP contribution in [-0.4, -0.2) is 31.1 Å². The van der Waals surface area contributed by atoms with Crippen molar-refractivity contribution in [1.29, 1.82) is 0 Å². The SMILES string of the molecule is O=C(c1ccc(O)c(O)c1)c1cc(O)c(O)c([N+](=O)[O-])c1. The summed E-state index contributed by atoms with van der Waals surface area (Å²) in [6.45, 7) is 0. The van der Waals surface area contributed by atoms with Crippen LogP contribution in [0.25, 0.3) is 0 Å². The van der Waals surface area contributed by atoms with Gasteiger partial charge in [-0.1, -0.05) is 0 Å². The first-order chi connectivity index (χ1) is 9.81. The van der Waals surface area contributed by atoms with E-state index >= 15 is 0 Å². The molecule has 0 spiro atoms. The lowest BCUT2D eigenvalue weighted by Crippen LogP contribution is -2.02. The van der Waals surface area contributed by atoms with Crippen LogP contribution in [0.3, 0.4) is 0 Å². The van der Waals surface area contributed by atoms with Gasteiger partial charge in [0.2, 0.25) is 5.75 Å². The van der Waals surface area contributed by atoms with Gasteiger partial charge in [0.05, 0.1) is 4.92 Å². The van der Waals surface area contributed by atoms with Crippen molar-refractivity contribution in [3.05, 3.63) is 51.6 Å². The van der Waals surface area contributed by atoms with Gasteiger partial charge in [-0.3, -0.25) is 14.9 Å². The van der Waals surface area contributed by atoms with Gasteiger partial charge >= 0.3 is 5.69 Å². The van der Waals surface area contributed by atoms with E-state index in [2.05, 4.69) is 0 Å². The lowest BCUT2D eigenvalue weighted by Gasteiger charge is -2.05. The Morgan fingerprint density at radius 3 is 2.10 bits per heavy atom. The Kier molecular flexibility index (Phi) is 3.37. The fourth-order valence-electron chi connectivity index (χ4n) is 1.71. The number of phenols is 4. The lowest BCUT2D eigenvalue weighted by molar-refractivity contribution is -0.386. The van der Waals surface area contributed by atoms with Crippen molar-refractivity contribution < 1.29 is 30.1 Å². The zero-order valence-corrected chi connectivity index (χ0v) is 10.3. The molecule has 0 bridgehead atoms. The number of ketones is 1. The predicted octanol–water partition coefficient (Wildman–Crippen LogP) is 1.65. The van der Waals surface area contributed by atoms with E-state index in [1.807, 2.05) is 0 Å². The number of phenolic OH excluding ortho intramolecular Hbond substituents is 4. The molecule has 2 aromatic rings. The van der Waals surface area contributed by atoms with Crippen LogP contribution in [0.1, 0.15) is 15.9 Å². The van der Waals surface area contributed by atoms with E-state index in [0.717, 1.165) is 24.3 Å². The molecule has 0 atom stereocenters. The Morgan fingerprint density at radius 1 is 0.905 bits per heavy atom. The number of benzene rings is 2. The van der Waals surface area contributed by atoms with Crippen LogP contribution in [-0.2, 0) is 0 Å². The van der Waals surface area contributed by atoms with Crippen molar-refractivity contribution in [1.82, 2.24) is 0 Å². The third-order valence-corrected chi connectivity index (χ3v) is 2.77.